The summed E-state index contributed by atoms with van der Waals surface area (Å²) < 4.78 is 0. The van der Waals surface area contributed by atoms with E-state index in [4.69, 9.17) is 0 Å². The summed E-state index contributed by atoms with van der Waals surface area (Å²) in [4.78, 5) is 22.9. The van der Waals surface area contributed by atoms with E-state index in [0.717, 1.165) is 10.8 Å². The largest absolute Gasteiger partial charge is 0.355 e. The van der Waals surface area contributed by atoms with Crippen LogP contribution in [0.4, 0.5) is 10.5 Å². The molecule has 0 saturated heterocycles. The summed E-state index contributed by atoms with van der Waals surface area (Å²) in [5.74, 6) is -0.207. The Morgan fingerprint density at radius 1 is 1.00 bits per heavy atom. The zero-order chi connectivity index (χ0) is 14.4. The molecule has 0 spiro atoms. The molecule has 20 heavy (non-hydrogen) atoms. The molecular weight excluding hydrogens is 254 g/mol. The Hall–Kier alpha value is -2.56. The van der Waals surface area contributed by atoms with Gasteiger partial charge < -0.3 is 16.0 Å². The van der Waals surface area contributed by atoms with Crippen molar-refractivity contribution in [3.8, 4) is 0 Å². The Labute approximate surface area is 117 Å². The quantitative estimate of drug-likeness (QED) is 0.797. The van der Waals surface area contributed by atoms with E-state index in [2.05, 4.69) is 16.0 Å². The van der Waals surface area contributed by atoms with Crippen molar-refractivity contribution >= 4 is 28.4 Å². The van der Waals surface area contributed by atoms with Crippen LogP contribution in [-0.2, 0) is 4.79 Å². The molecule has 0 aromatic heterocycles. The molecule has 5 heteroatoms. The van der Waals surface area contributed by atoms with Gasteiger partial charge in [-0.15, -0.1) is 0 Å². The molecule has 0 bridgehead atoms. The average molecular weight is 271 g/mol. The molecule has 0 atom stereocenters. The molecule has 2 aromatic carbocycles. The third-order valence-electron chi connectivity index (χ3n) is 2.79. The standard InChI is InChI=1S/C15H17N3O2/c1-2-16-14(19)10-17-15(20)18-13-8-7-11-5-3-4-6-12(11)9-13/h3-9H,2,10H2,1H3,(H,16,19)(H2,17,18,20). The molecule has 0 heterocycles. The van der Waals surface area contributed by atoms with Crippen LogP contribution in [0.1, 0.15) is 6.92 Å². The number of carbonyl (C=O) groups is 2. The second-order valence-corrected chi connectivity index (χ2v) is 4.32. The van der Waals surface area contributed by atoms with Gasteiger partial charge in [-0.1, -0.05) is 30.3 Å². The molecule has 0 fully saturated rings. The first-order chi connectivity index (χ1) is 9.69. The Morgan fingerprint density at radius 2 is 1.75 bits per heavy atom. The lowest BCUT2D eigenvalue weighted by atomic mass is 10.1. The Bertz CT molecular complexity index is 625. The molecular formula is C15H17N3O2. The highest BCUT2D eigenvalue weighted by molar-refractivity contribution is 5.95. The molecule has 0 aliphatic carbocycles. The smallest absolute Gasteiger partial charge is 0.319 e. The number of urea groups is 1. The maximum Gasteiger partial charge on any atom is 0.319 e. The number of hydrogen-bond donors (Lipinski definition) is 3. The minimum Gasteiger partial charge on any atom is -0.355 e. The van der Waals surface area contributed by atoms with Gasteiger partial charge in [-0.25, -0.2) is 4.79 Å². The number of carbonyl (C=O) groups excluding carboxylic acids is 2. The average Bonchev–Trinajstić information content (AvgIpc) is 2.45. The lowest BCUT2D eigenvalue weighted by Crippen LogP contribution is -2.38. The Kier molecular flexibility index (Phi) is 4.55. The van der Waals surface area contributed by atoms with E-state index in [1.165, 1.54) is 0 Å². The van der Waals surface area contributed by atoms with Crippen molar-refractivity contribution in [2.24, 2.45) is 0 Å². The van der Waals surface area contributed by atoms with Crippen LogP contribution in [0, 0.1) is 0 Å². The first-order valence-electron chi connectivity index (χ1n) is 6.49. The molecule has 0 radical (unpaired) electrons. The van der Waals surface area contributed by atoms with Gasteiger partial charge >= 0.3 is 6.03 Å². The number of anilines is 1. The van der Waals surface area contributed by atoms with E-state index in [-0.39, 0.29) is 12.5 Å². The zero-order valence-corrected chi connectivity index (χ0v) is 11.3. The first kappa shape index (κ1) is 13.9. The summed E-state index contributed by atoms with van der Waals surface area (Å²) in [7, 11) is 0. The molecule has 104 valence electrons. The fourth-order valence-electron chi connectivity index (χ4n) is 1.86. The summed E-state index contributed by atoms with van der Waals surface area (Å²) in [5, 5.41) is 9.97. The van der Waals surface area contributed by atoms with Crippen molar-refractivity contribution in [2.45, 2.75) is 6.92 Å². The Morgan fingerprint density at radius 3 is 2.50 bits per heavy atom. The molecule has 2 rings (SSSR count). The number of hydrogen-bond acceptors (Lipinski definition) is 2. The molecule has 0 aliphatic rings. The van der Waals surface area contributed by atoms with Gasteiger partial charge in [0.1, 0.15) is 0 Å². The van der Waals surface area contributed by atoms with Crippen molar-refractivity contribution in [1.82, 2.24) is 10.6 Å². The molecule has 5 nitrogen and oxygen atoms in total. The van der Waals surface area contributed by atoms with Gasteiger partial charge in [-0.2, -0.15) is 0 Å². The minimum atomic E-state index is -0.397. The summed E-state index contributed by atoms with van der Waals surface area (Å²) in [6.07, 6.45) is 0. The van der Waals surface area contributed by atoms with Crippen molar-refractivity contribution in [1.29, 1.82) is 0 Å². The van der Waals surface area contributed by atoms with Crippen LogP contribution < -0.4 is 16.0 Å². The fourth-order valence-corrected chi connectivity index (χ4v) is 1.86. The molecule has 3 N–H and O–H groups in total. The van der Waals surface area contributed by atoms with E-state index in [0.29, 0.717) is 12.2 Å². The minimum absolute atomic E-state index is 0.0345. The first-order valence-corrected chi connectivity index (χ1v) is 6.49. The highest BCUT2D eigenvalue weighted by atomic mass is 16.2. The van der Waals surface area contributed by atoms with Gasteiger partial charge in [0.2, 0.25) is 5.91 Å². The predicted octanol–water partition coefficient (Wildman–Crippen LogP) is 2.10. The summed E-state index contributed by atoms with van der Waals surface area (Å²) in [5.41, 5.74) is 0.692. The van der Waals surface area contributed by atoms with E-state index in [9.17, 15) is 9.59 Å². The van der Waals surface area contributed by atoms with Crippen molar-refractivity contribution < 1.29 is 9.59 Å². The van der Waals surface area contributed by atoms with Crippen molar-refractivity contribution in [2.75, 3.05) is 18.4 Å². The maximum absolute atomic E-state index is 11.7. The van der Waals surface area contributed by atoms with E-state index >= 15 is 0 Å². The highest BCUT2D eigenvalue weighted by Crippen LogP contribution is 2.18. The lowest BCUT2D eigenvalue weighted by molar-refractivity contribution is -0.119. The van der Waals surface area contributed by atoms with Gasteiger partial charge in [0, 0.05) is 12.2 Å². The third kappa shape index (κ3) is 3.71. The number of amides is 3. The van der Waals surface area contributed by atoms with Gasteiger partial charge in [-0.3, -0.25) is 4.79 Å². The summed E-state index contributed by atoms with van der Waals surface area (Å²) in [6.45, 7) is 2.34. The lowest BCUT2D eigenvalue weighted by Gasteiger charge is -2.08. The number of rotatable bonds is 4. The third-order valence-corrected chi connectivity index (χ3v) is 2.79. The van der Waals surface area contributed by atoms with Crippen LogP contribution in [0.15, 0.2) is 42.5 Å². The number of fused-ring (bicyclic) bond motifs is 1. The maximum atomic E-state index is 11.7. The molecule has 2 aromatic rings. The Balaban J connectivity index is 1.94. The van der Waals surface area contributed by atoms with Gasteiger partial charge in [-0.05, 0) is 29.8 Å². The number of nitrogens with one attached hydrogen (secondary N) is 3. The van der Waals surface area contributed by atoms with Crippen LogP contribution in [0.2, 0.25) is 0 Å². The SMILES string of the molecule is CCNC(=O)CNC(=O)Nc1ccc2ccccc2c1. The van der Waals surface area contributed by atoms with Crippen LogP contribution in [0.25, 0.3) is 10.8 Å². The van der Waals surface area contributed by atoms with Gasteiger partial charge in [0.05, 0.1) is 6.54 Å². The van der Waals surface area contributed by atoms with Gasteiger partial charge in [0.25, 0.3) is 0 Å². The summed E-state index contributed by atoms with van der Waals surface area (Å²) >= 11 is 0. The van der Waals surface area contributed by atoms with Crippen molar-refractivity contribution in [3.05, 3.63) is 42.5 Å². The molecule has 0 aliphatic heterocycles. The number of benzene rings is 2. The molecule has 0 saturated carbocycles. The predicted molar refractivity (Wildman–Crippen MR) is 79.7 cm³/mol. The van der Waals surface area contributed by atoms with E-state index < -0.39 is 6.03 Å². The van der Waals surface area contributed by atoms with E-state index in [1.54, 1.807) is 0 Å². The summed E-state index contributed by atoms with van der Waals surface area (Å²) in [6, 6.07) is 13.2. The van der Waals surface area contributed by atoms with E-state index in [1.807, 2.05) is 49.4 Å². The molecule has 3 amide bonds. The van der Waals surface area contributed by atoms with Crippen LogP contribution in [-0.4, -0.2) is 25.0 Å². The molecule has 0 unspecified atom stereocenters. The van der Waals surface area contributed by atoms with Gasteiger partial charge in [0.15, 0.2) is 0 Å². The second-order valence-electron chi connectivity index (χ2n) is 4.32. The zero-order valence-electron chi connectivity index (χ0n) is 11.3. The monoisotopic (exact) mass is 271 g/mol. The van der Waals surface area contributed by atoms with Crippen LogP contribution in [0.5, 0.6) is 0 Å². The topological polar surface area (TPSA) is 70.2 Å². The number of likely N-dealkylation sites (N-methyl/N-ethyl adjacent to an activating group) is 1. The second kappa shape index (κ2) is 6.56. The highest BCUT2D eigenvalue weighted by Gasteiger charge is 2.05. The van der Waals surface area contributed by atoms with Crippen LogP contribution >= 0.6 is 0 Å². The normalized spacial score (nSPS) is 10.1. The fraction of sp³-hybridized carbons (Fsp3) is 0.200. The van der Waals surface area contributed by atoms with Crippen molar-refractivity contribution in [3.63, 3.8) is 0 Å². The van der Waals surface area contributed by atoms with Crippen LogP contribution in [0.3, 0.4) is 0 Å².